The van der Waals surface area contributed by atoms with Crippen molar-refractivity contribution >= 4 is 39.2 Å². The number of nitrogens with one attached hydrogen (secondary N) is 2. The van der Waals surface area contributed by atoms with Gasteiger partial charge in [-0.3, -0.25) is 9.80 Å². The van der Waals surface area contributed by atoms with Gasteiger partial charge < -0.3 is 5.32 Å². The van der Waals surface area contributed by atoms with Gasteiger partial charge in [0.25, 0.3) is 5.91 Å². The number of carbonyl (C=O) groups is 2. The monoisotopic (exact) mass is 415 g/mol. The second-order valence-corrected chi connectivity index (χ2v) is 7.64. The van der Waals surface area contributed by atoms with Crippen LogP contribution in [0.5, 0.6) is 0 Å². The van der Waals surface area contributed by atoms with E-state index >= 15 is 0 Å². The van der Waals surface area contributed by atoms with Crippen LogP contribution in [0, 0.1) is 0 Å². The summed E-state index contributed by atoms with van der Waals surface area (Å²) in [6.07, 6.45) is 0. The van der Waals surface area contributed by atoms with Crippen molar-refractivity contribution in [2.45, 2.75) is 13.8 Å². The first kappa shape index (κ1) is 22.8. The summed E-state index contributed by atoms with van der Waals surface area (Å²) in [4.78, 5) is 26.8. The molecule has 0 saturated heterocycles. The summed E-state index contributed by atoms with van der Waals surface area (Å²) in [5.41, 5.74) is 0.662. The third-order valence-electron chi connectivity index (χ3n) is 3.49. The molecule has 9 nitrogen and oxygen atoms in total. The largest absolute Gasteiger partial charge is 0.337 e. The van der Waals surface area contributed by atoms with Crippen molar-refractivity contribution in [1.82, 2.24) is 25.2 Å². The summed E-state index contributed by atoms with van der Waals surface area (Å²) < 4.78 is 24.7. The molecule has 3 amide bonds. The van der Waals surface area contributed by atoms with E-state index < -0.39 is 27.7 Å². The summed E-state index contributed by atoms with van der Waals surface area (Å²) in [7, 11) is -1.17. The summed E-state index contributed by atoms with van der Waals surface area (Å²) in [5.74, 6) is -1.57. The van der Waals surface area contributed by atoms with Crippen LogP contribution in [-0.4, -0.2) is 73.3 Å². The molecule has 0 aliphatic heterocycles. The molecule has 0 heterocycles. The van der Waals surface area contributed by atoms with Gasteiger partial charge in [0.05, 0.1) is 0 Å². The highest BCUT2D eigenvalue weighted by Gasteiger charge is 2.27. The van der Waals surface area contributed by atoms with Gasteiger partial charge in [0.1, 0.15) is 10.7 Å². The summed E-state index contributed by atoms with van der Waals surface area (Å²) in [6, 6.07) is 8.38. The first-order valence-corrected chi connectivity index (χ1v) is 10.3. The molecule has 0 aliphatic rings. The zero-order valence-corrected chi connectivity index (χ0v) is 17.4. The topological polar surface area (TPSA) is 102 Å². The van der Waals surface area contributed by atoms with Gasteiger partial charge in [-0.2, -0.15) is 0 Å². The molecule has 27 heavy (non-hydrogen) atoms. The maximum atomic E-state index is 12.4. The molecule has 11 heteroatoms. The fourth-order valence-corrected chi connectivity index (χ4v) is 3.51. The highest BCUT2D eigenvalue weighted by molar-refractivity contribution is 7.90. The van der Waals surface area contributed by atoms with E-state index in [9.17, 15) is 18.0 Å². The van der Waals surface area contributed by atoms with E-state index in [1.807, 2.05) is 6.07 Å². The minimum Gasteiger partial charge on any atom is -0.337 e. The minimum atomic E-state index is -4.02. The van der Waals surface area contributed by atoms with E-state index in [1.54, 1.807) is 38.1 Å². The van der Waals surface area contributed by atoms with Crippen molar-refractivity contribution in [3.63, 3.8) is 0 Å². The molecule has 0 unspecified atom stereocenters. The summed E-state index contributed by atoms with van der Waals surface area (Å²) in [6.45, 7) is 3.91. The van der Waals surface area contributed by atoms with E-state index in [4.69, 9.17) is 12.2 Å². The van der Waals surface area contributed by atoms with E-state index in [2.05, 4.69) is 10.1 Å². The number of nitrogens with zero attached hydrogens (tertiary/aromatic N) is 3. The van der Waals surface area contributed by atoms with Gasteiger partial charge in [-0.15, -0.1) is 4.83 Å². The van der Waals surface area contributed by atoms with Crippen LogP contribution in [0.1, 0.15) is 19.4 Å². The number of carbonyl (C=O) groups excluding carboxylic acids is 2. The van der Waals surface area contributed by atoms with E-state index in [0.717, 1.165) is 15.0 Å². The SMILES string of the molecule is CCNC(=O)N(C)N(CC)C(=O)CS(=O)(=O)NN(C)C(=S)c1ccccc1. The molecule has 0 aliphatic carbocycles. The van der Waals surface area contributed by atoms with Crippen molar-refractivity contribution in [3.8, 4) is 0 Å². The Balaban J connectivity index is 2.78. The van der Waals surface area contributed by atoms with Gasteiger partial charge in [0.2, 0.25) is 10.0 Å². The van der Waals surface area contributed by atoms with E-state index in [1.165, 1.54) is 14.1 Å². The number of hydrogen-bond donors (Lipinski definition) is 2. The average Bonchev–Trinajstić information content (AvgIpc) is 2.61. The second kappa shape index (κ2) is 10.2. The minimum absolute atomic E-state index is 0.139. The molecule has 1 aromatic carbocycles. The lowest BCUT2D eigenvalue weighted by Crippen LogP contribution is -2.54. The molecule has 150 valence electrons. The first-order valence-electron chi connectivity index (χ1n) is 8.28. The summed E-state index contributed by atoms with van der Waals surface area (Å²) >= 11 is 5.25. The molecular formula is C16H25N5O4S2. The molecule has 0 saturated carbocycles. The van der Waals surface area contributed by atoms with Crippen molar-refractivity contribution < 1.29 is 18.0 Å². The Morgan fingerprint density at radius 1 is 1.11 bits per heavy atom. The van der Waals surface area contributed by atoms with Crippen LogP contribution < -0.4 is 10.1 Å². The van der Waals surface area contributed by atoms with Gasteiger partial charge in [0, 0.05) is 32.7 Å². The quantitative estimate of drug-likeness (QED) is 0.498. The molecule has 1 rings (SSSR count). The van der Waals surface area contributed by atoms with Gasteiger partial charge in [0.15, 0.2) is 0 Å². The molecule has 0 atom stereocenters. The Labute approximate surface area is 165 Å². The molecular weight excluding hydrogens is 390 g/mol. The number of thiocarbonyl (C=S) groups is 1. The molecule has 0 radical (unpaired) electrons. The van der Waals surface area contributed by atoms with E-state index in [-0.39, 0.29) is 11.5 Å². The Hall–Kier alpha value is -2.24. The Bertz CT molecular complexity index is 770. The normalized spacial score (nSPS) is 10.8. The smallest absolute Gasteiger partial charge is 0.336 e. The number of sulfonamides is 1. The second-order valence-electron chi connectivity index (χ2n) is 5.55. The lowest BCUT2D eigenvalue weighted by Gasteiger charge is -2.31. The van der Waals surface area contributed by atoms with Crippen molar-refractivity contribution in [2.24, 2.45) is 0 Å². The van der Waals surface area contributed by atoms with Crippen LogP contribution in [-0.2, 0) is 14.8 Å². The highest BCUT2D eigenvalue weighted by atomic mass is 32.2. The van der Waals surface area contributed by atoms with Gasteiger partial charge in [-0.25, -0.2) is 23.2 Å². The summed E-state index contributed by atoms with van der Waals surface area (Å²) in [5, 5.41) is 5.82. The fraction of sp³-hybridized carbons (Fsp3) is 0.438. The molecule has 0 spiro atoms. The van der Waals surface area contributed by atoms with Crippen molar-refractivity contribution in [3.05, 3.63) is 35.9 Å². The Morgan fingerprint density at radius 3 is 2.22 bits per heavy atom. The number of hydrogen-bond acceptors (Lipinski definition) is 5. The lowest BCUT2D eigenvalue weighted by atomic mass is 10.2. The van der Waals surface area contributed by atoms with Crippen molar-refractivity contribution in [1.29, 1.82) is 0 Å². The fourth-order valence-electron chi connectivity index (χ4n) is 2.22. The zero-order chi connectivity index (χ0) is 20.6. The predicted molar refractivity (Wildman–Crippen MR) is 107 cm³/mol. The maximum absolute atomic E-state index is 12.4. The Morgan fingerprint density at radius 2 is 1.70 bits per heavy atom. The zero-order valence-electron chi connectivity index (χ0n) is 15.8. The van der Waals surface area contributed by atoms with Gasteiger partial charge >= 0.3 is 6.03 Å². The number of benzene rings is 1. The van der Waals surface area contributed by atoms with Crippen molar-refractivity contribution in [2.75, 3.05) is 32.9 Å². The number of hydrazine groups is 2. The third-order valence-corrected chi connectivity index (χ3v) is 5.17. The number of amides is 3. The van der Waals surface area contributed by atoms with Crippen LogP contribution in [0.15, 0.2) is 30.3 Å². The first-order chi connectivity index (χ1) is 12.6. The molecule has 0 aromatic heterocycles. The third kappa shape index (κ3) is 6.77. The molecule has 0 fully saturated rings. The van der Waals surface area contributed by atoms with E-state index in [0.29, 0.717) is 12.1 Å². The van der Waals surface area contributed by atoms with Crippen LogP contribution in [0.3, 0.4) is 0 Å². The molecule has 2 N–H and O–H groups in total. The molecule has 1 aromatic rings. The lowest BCUT2D eigenvalue weighted by molar-refractivity contribution is -0.139. The van der Waals surface area contributed by atoms with Crippen LogP contribution in [0.25, 0.3) is 0 Å². The van der Waals surface area contributed by atoms with Crippen LogP contribution in [0.4, 0.5) is 4.79 Å². The standard InChI is InChI=1S/C16H25N5O4S2/c1-5-17-16(23)20(4)21(6-2)14(22)12-27(24,25)18-19(3)15(26)13-10-8-7-9-11-13/h7-11,18H,5-6,12H2,1-4H3,(H,17,23). The maximum Gasteiger partial charge on any atom is 0.336 e. The van der Waals surface area contributed by atoms with Crippen LogP contribution >= 0.6 is 12.2 Å². The van der Waals surface area contributed by atoms with Crippen LogP contribution in [0.2, 0.25) is 0 Å². The Kier molecular flexibility index (Phi) is 8.60. The molecule has 0 bridgehead atoms. The van der Waals surface area contributed by atoms with Gasteiger partial charge in [-0.05, 0) is 13.8 Å². The number of rotatable bonds is 7. The van der Waals surface area contributed by atoms with Gasteiger partial charge in [-0.1, -0.05) is 42.5 Å². The highest BCUT2D eigenvalue weighted by Crippen LogP contribution is 2.05. The average molecular weight is 416 g/mol. The number of urea groups is 1. The predicted octanol–water partition coefficient (Wildman–Crippen LogP) is 0.553.